The minimum absolute atomic E-state index is 0.0160. The number of aromatic nitrogens is 1. The molecule has 0 spiro atoms. The number of Topliss-reactive ketones (excluding diaryl/α,β-unsaturated/α-hetero) is 1. The maximum Gasteiger partial charge on any atom is 0.214 e. The van der Waals surface area contributed by atoms with E-state index in [0.29, 0.717) is 17.5 Å². The number of carbonyl (C=O) groups excluding carboxylic acids is 1. The van der Waals surface area contributed by atoms with Crippen LogP contribution in [-0.4, -0.2) is 16.5 Å². The van der Waals surface area contributed by atoms with Crippen molar-refractivity contribution in [2.24, 2.45) is 10.1 Å². The number of nitrogens with zero attached hydrogens (tertiary/aromatic N) is 3. The Morgan fingerprint density at radius 2 is 0.717 bits per heavy atom. The normalized spacial score (nSPS) is 19.8. The summed E-state index contributed by atoms with van der Waals surface area (Å²) in [5.74, 6) is 0.0160. The summed E-state index contributed by atoms with van der Waals surface area (Å²) < 4.78 is 0. The molecule has 0 saturated heterocycles. The summed E-state index contributed by atoms with van der Waals surface area (Å²) in [6.07, 6.45) is 2.47. The molecule has 1 aliphatic heterocycles. The molecule has 0 saturated carbocycles. The van der Waals surface area contributed by atoms with Crippen LogP contribution in [0.1, 0.15) is 55.0 Å². The smallest absolute Gasteiger partial charge is 0.214 e. The van der Waals surface area contributed by atoms with Crippen molar-refractivity contribution in [2.75, 3.05) is 5.43 Å². The first-order valence-corrected chi connectivity index (χ1v) is 32.8. The molecule has 1 N–H and O–H groups in total. The van der Waals surface area contributed by atoms with Crippen LogP contribution in [0.3, 0.4) is 0 Å². The van der Waals surface area contributed by atoms with Gasteiger partial charge in [-0.2, -0.15) is 5.10 Å². The molecule has 0 fully saturated rings. The van der Waals surface area contributed by atoms with Gasteiger partial charge in [-0.05, 0) is 273 Å². The molecular weight excluding hydrogens is 1120 g/mol. The molecule has 398 valence electrons. The highest BCUT2D eigenvalue weighted by Gasteiger charge is 2.64. The van der Waals surface area contributed by atoms with E-state index >= 15 is 9.59 Å². The van der Waals surface area contributed by atoms with Crippen molar-refractivity contribution in [3.8, 4) is 0 Å². The van der Waals surface area contributed by atoms with Crippen molar-refractivity contribution in [3.05, 3.63) is 181 Å². The highest BCUT2D eigenvalue weighted by Crippen LogP contribution is 2.79. The number of fused-ring (bicyclic) bond motifs is 6. The Hall–Kier alpha value is -12.0. The lowest BCUT2D eigenvalue weighted by Crippen LogP contribution is -2.52. The summed E-state index contributed by atoms with van der Waals surface area (Å²) in [4.78, 5) is 48.9. The topological polar surface area (TPSA) is 83.8 Å². The zero-order chi connectivity index (χ0) is 56.9. The van der Waals surface area contributed by atoms with E-state index in [2.05, 4.69) is 90.4 Å². The molecule has 2 unspecified atom stereocenters. The van der Waals surface area contributed by atoms with Crippen molar-refractivity contribution < 1.29 is 4.79 Å². The van der Waals surface area contributed by atoms with E-state index < -0.39 is 11.0 Å². The standard InChI is InChI=1S/C86H22N4O2/c91-82-77-72-67-47-41-34(76(72)81(82)90-89-23-16-8-3-9-17-23)29-24-20-25-28-27(24)31-36-33(29)40(41)46-48-42(36)44-38(31)39-32(28)37-35-30(25)84(92)86(26-18-10-11-19-87-26)80-75(35)70-65-43(37)45(39)50-49(44)53-52(48)54-51(46)59(47)63-61-57(54)58-55(53)56(50)60(65)64-62(58)66(61)71-73(68(63)67)78(77)85(22-14-6-2-7-15-22,79(80)74(71)69(64)70)83(88-86)21-12-4-1-5-13-21/h1-19,89H,20H2/b90-81+. The number of benzene rings is 20. The fourth-order valence-corrected chi connectivity index (χ4v) is 26.4. The highest BCUT2D eigenvalue weighted by atomic mass is 16.1. The van der Waals surface area contributed by atoms with Gasteiger partial charge in [0, 0.05) is 77.6 Å². The molecule has 6 nitrogen and oxygen atoms in total. The van der Waals surface area contributed by atoms with Gasteiger partial charge in [0.2, 0.25) is 11.2 Å². The molecular formula is C86H22N4O2. The van der Waals surface area contributed by atoms with Crippen molar-refractivity contribution in [3.63, 3.8) is 0 Å². The molecule has 2 heterocycles. The molecule has 0 bridgehead atoms. The third-order valence-electron chi connectivity index (χ3n) is 27.9. The van der Waals surface area contributed by atoms with Crippen LogP contribution in [-0.2, 0) is 17.4 Å². The Balaban J connectivity index is 1.06. The predicted octanol–water partition coefficient (Wildman–Crippen LogP) is 19.6. The monoisotopic (exact) mass is 1140 g/mol. The van der Waals surface area contributed by atoms with Gasteiger partial charge >= 0.3 is 0 Å². The van der Waals surface area contributed by atoms with Gasteiger partial charge in [0.1, 0.15) is 5.36 Å². The van der Waals surface area contributed by atoms with Crippen LogP contribution >= 0.6 is 0 Å². The van der Waals surface area contributed by atoms with E-state index in [0.717, 1.165) is 71.9 Å². The zero-order valence-electron chi connectivity index (χ0n) is 47.3. The Morgan fingerprint density at radius 3 is 1.22 bits per heavy atom. The number of nitrogens with one attached hydrogen (secondary N) is 1. The van der Waals surface area contributed by atoms with Crippen LogP contribution in [0, 0.1) is 0 Å². The first-order valence-electron chi connectivity index (χ1n) is 32.8. The van der Waals surface area contributed by atoms with Crippen molar-refractivity contribution >= 4 is 286 Å². The Bertz CT molecular complexity index is 8970. The first-order chi connectivity index (χ1) is 45.7. The van der Waals surface area contributed by atoms with Crippen molar-refractivity contribution in [1.29, 1.82) is 0 Å². The summed E-state index contributed by atoms with van der Waals surface area (Å²) in [7, 11) is 0. The largest absolute Gasteiger partial charge is 0.291 e. The molecule has 0 amide bonds. The van der Waals surface area contributed by atoms with Gasteiger partial charge in [-0.1, -0.05) is 84.9 Å². The van der Waals surface area contributed by atoms with Crippen molar-refractivity contribution in [2.45, 2.75) is 17.4 Å². The Labute approximate surface area is 507 Å². The summed E-state index contributed by atoms with van der Waals surface area (Å²) in [6, 6.07) is 38.5. The average Bonchev–Trinajstić information content (AvgIpc) is 1.39. The van der Waals surface area contributed by atoms with Crippen LogP contribution in [0.15, 0.2) is 130 Å². The average molecular weight is 1140 g/mol. The molecule has 3 aliphatic carbocycles. The number of ketones is 1. The number of carbonyl (C=O) groups is 1. The van der Waals surface area contributed by atoms with Gasteiger partial charge in [0.15, 0.2) is 5.54 Å². The van der Waals surface area contributed by atoms with E-state index in [-0.39, 0.29) is 11.2 Å². The molecule has 1 aromatic heterocycles. The summed E-state index contributed by atoms with van der Waals surface area (Å²) in [5, 5.41) is 73.2. The first kappa shape index (κ1) is 39.1. The van der Waals surface area contributed by atoms with E-state index in [1.54, 1.807) is 0 Å². The van der Waals surface area contributed by atoms with Gasteiger partial charge in [0.25, 0.3) is 0 Å². The Kier molecular flexibility index (Phi) is 4.38. The van der Waals surface area contributed by atoms with E-state index in [1.165, 1.54) is 253 Å². The molecule has 0 radical (unpaired) electrons. The van der Waals surface area contributed by atoms with E-state index in [4.69, 9.17) is 15.1 Å². The van der Waals surface area contributed by atoms with Crippen LogP contribution in [0.4, 0.5) is 5.69 Å². The van der Waals surface area contributed by atoms with Gasteiger partial charge in [-0.15, -0.1) is 0 Å². The number of hydrogen-bond donors (Lipinski definition) is 1. The molecule has 4 aliphatic rings. The van der Waals surface area contributed by atoms with Crippen LogP contribution in [0.2, 0.25) is 0 Å². The Morgan fingerprint density at radius 1 is 0.337 bits per heavy atom. The maximum atomic E-state index is 18.6. The molecule has 6 heteroatoms. The van der Waals surface area contributed by atoms with Gasteiger partial charge in [0.05, 0.1) is 22.5 Å². The van der Waals surface area contributed by atoms with E-state index in [9.17, 15) is 0 Å². The molecule has 29 aromatic carbocycles. The third kappa shape index (κ3) is 2.67. The number of hydrogen-bond acceptors (Lipinski definition) is 6. The number of anilines is 1. The van der Waals surface area contributed by atoms with Crippen LogP contribution < -0.4 is 16.2 Å². The second-order valence-corrected chi connectivity index (χ2v) is 29.8. The predicted molar refractivity (Wildman–Crippen MR) is 377 cm³/mol. The van der Waals surface area contributed by atoms with Gasteiger partial charge < -0.3 is 0 Å². The van der Waals surface area contributed by atoms with Crippen LogP contribution in [0.25, 0.3) is 269 Å². The van der Waals surface area contributed by atoms with Gasteiger partial charge in [-0.3, -0.25) is 25.0 Å². The number of aliphatic imine (C=N–C) groups is 1. The lowest BCUT2D eigenvalue weighted by molar-refractivity contribution is 0.0911. The maximum absolute atomic E-state index is 18.6. The lowest BCUT2D eigenvalue weighted by atomic mass is 9.52. The van der Waals surface area contributed by atoms with Gasteiger partial charge in [-0.25, -0.2) is 0 Å². The fraction of sp³-hybridized carbons (Fsp3) is 0.0349. The lowest BCUT2D eigenvalue weighted by Gasteiger charge is -2.51. The van der Waals surface area contributed by atoms with Crippen molar-refractivity contribution in [1.82, 2.24) is 4.98 Å². The molecule has 2 atom stereocenters. The highest BCUT2D eigenvalue weighted by molar-refractivity contribution is 6.80. The number of para-hydroxylation sites is 1. The molecule has 92 heavy (non-hydrogen) atoms. The second kappa shape index (κ2) is 10.3. The minimum Gasteiger partial charge on any atom is -0.291 e. The second-order valence-electron chi connectivity index (χ2n) is 29.8. The summed E-state index contributed by atoms with van der Waals surface area (Å²) in [5.41, 5.74) is 11.1. The van der Waals surface area contributed by atoms with E-state index in [1.807, 2.05) is 30.5 Å². The molecule has 34 rings (SSSR count). The molecule has 30 aromatic rings. The quantitative estimate of drug-likeness (QED) is 0.137. The minimum atomic E-state index is -1.66. The zero-order valence-corrected chi connectivity index (χ0v) is 47.3. The SMILES string of the molecule is O=C1c2c3c4c5c(c6c7c8/c(=N\Nc9ccccc9)c(=O)c9c%10c%11c%12c%13c%14c(c%15c2c2c4c4c%16c5c5c6c6c7c7c(c98)c%11c8c9c%12c%11c%12c%13c%15c%13c2c4c2c(c%13%12)c4c%11c9c9c(c87)c6c6c5c%16c2c4c69)C1(c1ccccn1)N=C(c1ccccc1)C%14%10c1ccccc1)C3. The third-order valence-corrected chi connectivity index (χ3v) is 27.9. The van der Waals surface area contributed by atoms with Crippen LogP contribution in [0.5, 0.6) is 0 Å². The summed E-state index contributed by atoms with van der Waals surface area (Å²) in [6.45, 7) is 0. The summed E-state index contributed by atoms with van der Waals surface area (Å²) >= 11 is 0. The fourth-order valence-electron chi connectivity index (χ4n) is 26.4. The number of rotatable bonds is 5. The number of pyridine rings is 1.